The topological polar surface area (TPSA) is 63.9 Å². The first-order valence-electron chi connectivity index (χ1n) is 7.43. The summed E-state index contributed by atoms with van der Waals surface area (Å²) in [6, 6.07) is 5.65. The van der Waals surface area contributed by atoms with Gasteiger partial charge >= 0.3 is 0 Å². The van der Waals surface area contributed by atoms with Crippen molar-refractivity contribution in [3.63, 3.8) is 0 Å². The maximum absolute atomic E-state index is 12.4. The molecule has 0 bridgehead atoms. The summed E-state index contributed by atoms with van der Waals surface area (Å²) in [6.07, 6.45) is 7.09. The number of carbonyl (C=O) groups is 1. The number of rotatable bonds is 3. The van der Waals surface area contributed by atoms with Crippen LogP contribution in [0, 0.1) is 0 Å². The van der Waals surface area contributed by atoms with Crippen LogP contribution in [0.1, 0.15) is 47.4 Å². The lowest BCUT2D eigenvalue weighted by Gasteiger charge is -2.15. The molecule has 0 spiro atoms. The molecule has 2 fully saturated rings. The monoisotopic (exact) mass is 283 g/mol. The van der Waals surface area contributed by atoms with E-state index < -0.39 is 0 Å². The van der Waals surface area contributed by atoms with Gasteiger partial charge in [-0.2, -0.15) is 0 Å². The average molecular weight is 283 g/mol. The SMILES string of the molecule is O=C(c1ccccn1)N1CC[C@@H](n2cc(C3CC3)nn2)C1. The molecule has 3 heterocycles. The third-order valence-electron chi connectivity index (χ3n) is 4.23. The van der Waals surface area contributed by atoms with Crippen molar-refractivity contribution in [2.45, 2.75) is 31.2 Å². The molecule has 0 N–H and O–H groups in total. The van der Waals surface area contributed by atoms with Crippen LogP contribution >= 0.6 is 0 Å². The number of pyridine rings is 1. The van der Waals surface area contributed by atoms with Gasteiger partial charge in [0.05, 0.1) is 11.7 Å². The minimum absolute atomic E-state index is 0.000585. The second-order valence-electron chi connectivity index (χ2n) is 5.81. The molecule has 2 aromatic heterocycles. The largest absolute Gasteiger partial charge is 0.335 e. The maximum atomic E-state index is 12.4. The highest BCUT2D eigenvalue weighted by Crippen LogP contribution is 2.39. The van der Waals surface area contributed by atoms with Crippen LogP contribution in [0.25, 0.3) is 0 Å². The van der Waals surface area contributed by atoms with Gasteiger partial charge in [-0.1, -0.05) is 11.3 Å². The molecule has 4 rings (SSSR count). The molecule has 0 radical (unpaired) electrons. The predicted molar refractivity (Wildman–Crippen MR) is 75.8 cm³/mol. The highest BCUT2D eigenvalue weighted by atomic mass is 16.2. The fourth-order valence-electron chi connectivity index (χ4n) is 2.83. The van der Waals surface area contributed by atoms with Crippen LogP contribution in [0.15, 0.2) is 30.6 Å². The Hall–Kier alpha value is -2.24. The molecule has 2 aliphatic rings. The Kier molecular flexibility index (Phi) is 2.94. The summed E-state index contributed by atoms with van der Waals surface area (Å²) in [4.78, 5) is 18.3. The van der Waals surface area contributed by atoms with Crippen molar-refractivity contribution in [1.29, 1.82) is 0 Å². The van der Waals surface area contributed by atoms with Crippen molar-refractivity contribution in [1.82, 2.24) is 24.9 Å². The van der Waals surface area contributed by atoms with Gasteiger partial charge in [0.25, 0.3) is 5.91 Å². The quantitative estimate of drug-likeness (QED) is 0.859. The predicted octanol–water partition coefficient (Wildman–Crippen LogP) is 1.64. The highest BCUT2D eigenvalue weighted by Gasteiger charge is 2.31. The fraction of sp³-hybridized carbons (Fsp3) is 0.467. The van der Waals surface area contributed by atoms with E-state index in [4.69, 9.17) is 0 Å². The number of hydrogen-bond donors (Lipinski definition) is 0. The molecule has 1 saturated carbocycles. The van der Waals surface area contributed by atoms with Crippen LogP contribution in [-0.4, -0.2) is 43.9 Å². The lowest BCUT2D eigenvalue weighted by atomic mass is 10.2. The van der Waals surface area contributed by atoms with E-state index in [-0.39, 0.29) is 11.9 Å². The number of hydrogen-bond acceptors (Lipinski definition) is 4. The first-order chi connectivity index (χ1) is 10.3. The molecule has 1 amide bonds. The molecule has 1 aliphatic heterocycles. The summed E-state index contributed by atoms with van der Waals surface area (Å²) in [7, 11) is 0. The summed E-state index contributed by atoms with van der Waals surface area (Å²) in [6.45, 7) is 1.43. The second-order valence-corrected chi connectivity index (χ2v) is 5.81. The minimum atomic E-state index is 0.000585. The zero-order chi connectivity index (χ0) is 14.2. The van der Waals surface area contributed by atoms with Crippen molar-refractivity contribution >= 4 is 5.91 Å². The van der Waals surface area contributed by atoms with Gasteiger partial charge < -0.3 is 4.90 Å². The first kappa shape index (κ1) is 12.5. The van der Waals surface area contributed by atoms with Gasteiger partial charge in [0, 0.05) is 31.4 Å². The van der Waals surface area contributed by atoms with Crippen LogP contribution in [-0.2, 0) is 0 Å². The van der Waals surface area contributed by atoms with Gasteiger partial charge in [0.2, 0.25) is 0 Å². The van der Waals surface area contributed by atoms with E-state index in [1.165, 1.54) is 12.8 Å². The summed E-state index contributed by atoms with van der Waals surface area (Å²) >= 11 is 0. The summed E-state index contributed by atoms with van der Waals surface area (Å²) in [5.41, 5.74) is 1.61. The average Bonchev–Trinajstić information content (AvgIpc) is 3.07. The zero-order valence-electron chi connectivity index (χ0n) is 11.7. The fourth-order valence-corrected chi connectivity index (χ4v) is 2.83. The first-order valence-corrected chi connectivity index (χ1v) is 7.43. The number of likely N-dealkylation sites (tertiary alicyclic amines) is 1. The smallest absolute Gasteiger partial charge is 0.272 e. The number of aromatic nitrogens is 4. The Morgan fingerprint density at radius 3 is 2.90 bits per heavy atom. The molecule has 6 heteroatoms. The van der Waals surface area contributed by atoms with Gasteiger partial charge in [-0.05, 0) is 31.4 Å². The van der Waals surface area contributed by atoms with Gasteiger partial charge in [0.15, 0.2) is 0 Å². The molecular weight excluding hydrogens is 266 g/mol. The summed E-state index contributed by atoms with van der Waals surface area (Å²) in [5.74, 6) is 0.618. The van der Waals surface area contributed by atoms with E-state index in [0.29, 0.717) is 18.2 Å². The van der Waals surface area contributed by atoms with Crippen LogP contribution < -0.4 is 0 Å². The number of nitrogens with zero attached hydrogens (tertiary/aromatic N) is 5. The summed E-state index contributed by atoms with van der Waals surface area (Å²) < 4.78 is 1.93. The van der Waals surface area contributed by atoms with E-state index >= 15 is 0 Å². The van der Waals surface area contributed by atoms with E-state index in [9.17, 15) is 4.79 Å². The van der Waals surface area contributed by atoms with Crippen molar-refractivity contribution in [2.24, 2.45) is 0 Å². The molecular formula is C15H17N5O. The Morgan fingerprint density at radius 1 is 1.24 bits per heavy atom. The highest BCUT2D eigenvalue weighted by molar-refractivity contribution is 5.92. The van der Waals surface area contributed by atoms with Crippen molar-refractivity contribution in [2.75, 3.05) is 13.1 Å². The third-order valence-corrected chi connectivity index (χ3v) is 4.23. The van der Waals surface area contributed by atoms with Gasteiger partial charge in [-0.15, -0.1) is 5.10 Å². The lowest BCUT2D eigenvalue weighted by Crippen LogP contribution is -2.29. The third kappa shape index (κ3) is 2.41. The second kappa shape index (κ2) is 4.95. The molecule has 6 nitrogen and oxygen atoms in total. The zero-order valence-corrected chi connectivity index (χ0v) is 11.7. The summed E-state index contributed by atoms with van der Waals surface area (Å²) in [5, 5.41) is 8.49. The molecule has 0 unspecified atom stereocenters. The molecule has 0 aromatic carbocycles. The normalized spacial score (nSPS) is 21.7. The molecule has 2 aromatic rings. The van der Waals surface area contributed by atoms with Crippen LogP contribution in [0.4, 0.5) is 0 Å². The Bertz CT molecular complexity index is 649. The van der Waals surface area contributed by atoms with E-state index in [1.54, 1.807) is 12.3 Å². The van der Waals surface area contributed by atoms with Gasteiger partial charge in [0.1, 0.15) is 5.69 Å². The lowest BCUT2D eigenvalue weighted by molar-refractivity contribution is 0.0781. The van der Waals surface area contributed by atoms with E-state index in [2.05, 4.69) is 21.5 Å². The minimum Gasteiger partial charge on any atom is -0.335 e. The number of amides is 1. The van der Waals surface area contributed by atoms with Crippen molar-refractivity contribution in [3.05, 3.63) is 42.0 Å². The maximum Gasteiger partial charge on any atom is 0.272 e. The van der Waals surface area contributed by atoms with Crippen LogP contribution in [0.5, 0.6) is 0 Å². The number of carbonyl (C=O) groups excluding carboxylic acids is 1. The molecule has 1 aliphatic carbocycles. The standard InChI is InChI=1S/C15H17N5O/c21-15(13-3-1-2-7-16-13)19-8-6-12(9-19)20-10-14(17-18-20)11-4-5-11/h1-3,7,10-12H,4-6,8-9H2/t12-/m1/s1. The molecule has 21 heavy (non-hydrogen) atoms. The molecule has 108 valence electrons. The van der Waals surface area contributed by atoms with Gasteiger partial charge in [-0.25, -0.2) is 4.68 Å². The van der Waals surface area contributed by atoms with E-state index in [1.807, 2.05) is 21.7 Å². The molecule has 1 saturated heterocycles. The Balaban J connectivity index is 1.45. The van der Waals surface area contributed by atoms with Gasteiger partial charge in [-0.3, -0.25) is 9.78 Å². The molecule has 1 atom stereocenters. The van der Waals surface area contributed by atoms with E-state index in [0.717, 1.165) is 18.7 Å². The Labute approximate surface area is 122 Å². The van der Waals surface area contributed by atoms with Crippen molar-refractivity contribution < 1.29 is 4.79 Å². The van der Waals surface area contributed by atoms with Crippen LogP contribution in [0.3, 0.4) is 0 Å². The van der Waals surface area contributed by atoms with Crippen molar-refractivity contribution in [3.8, 4) is 0 Å². The van der Waals surface area contributed by atoms with Crippen LogP contribution in [0.2, 0.25) is 0 Å². The Morgan fingerprint density at radius 2 is 2.14 bits per heavy atom.